The fourth-order valence-corrected chi connectivity index (χ4v) is 3.26. The van der Waals surface area contributed by atoms with Gasteiger partial charge in [-0.2, -0.15) is 0 Å². The van der Waals surface area contributed by atoms with Crippen molar-refractivity contribution in [1.82, 2.24) is 0 Å². The number of nitro groups is 1. The van der Waals surface area contributed by atoms with Crippen molar-refractivity contribution in [2.75, 3.05) is 11.9 Å². The van der Waals surface area contributed by atoms with Crippen molar-refractivity contribution < 1.29 is 28.4 Å². The molecule has 4 atom stereocenters. The van der Waals surface area contributed by atoms with Crippen LogP contribution in [0.2, 0.25) is 0 Å². The molecule has 0 aliphatic heterocycles. The van der Waals surface area contributed by atoms with Gasteiger partial charge in [-0.1, -0.05) is 6.92 Å². The van der Waals surface area contributed by atoms with E-state index in [2.05, 4.69) is 5.32 Å². The number of esters is 1. The zero-order valence-electron chi connectivity index (χ0n) is 15.0. The highest BCUT2D eigenvalue weighted by molar-refractivity contribution is 5.95. The van der Waals surface area contributed by atoms with Crippen molar-refractivity contribution in [1.29, 1.82) is 0 Å². The summed E-state index contributed by atoms with van der Waals surface area (Å²) in [5.41, 5.74) is 0.343. The van der Waals surface area contributed by atoms with Crippen molar-refractivity contribution in [3.63, 3.8) is 0 Å². The van der Waals surface area contributed by atoms with E-state index in [1.165, 1.54) is 31.2 Å². The monoisotopic (exact) mass is 380 g/mol. The summed E-state index contributed by atoms with van der Waals surface area (Å²) < 4.78 is 17.9. The number of nitrogens with one attached hydrogen (secondary N) is 1. The van der Waals surface area contributed by atoms with E-state index in [1.54, 1.807) is 6.92 Å². The van der Waals surface area contributed by atoms with Crippen LogP contribution in [0.1, 0.15) is 26.7 Å². The fourth-order valence-electron chi connectivity index (χ4n) is 3.26. The standard InChI is InChI=1S/C18H21FN2O6/c1-10-7-16(22)14(15(10)9-21(25)26)8-17(23)27-11(2)18(24)20-13-5-3-12(19)4-6-13/h3-6,10-11,14-15H,7-9H2,1-2H3,(H,20,24)/t10-,11+,14+,15-/m1/s1. The Labute approximate surface area is 155 Å². The number of ether oxygens (including phenoxy) is 1. The lowest BCUT2D eigenvalue weighted by Gasteiger charge is -2.18. The molecule has 0 spiro atoms. The zero-order valence-corrected chi connectivity index (χ0v) is 15.0. The van der Waals surface area contributed by atoms with Crippen LogP contribution in [0.25, 0.3) is 0 Å². The van der Waals surface area contributed by atoms with E-state index in [1.807, 2.05) is 0 Å². The van der Waals surface area contributed by atoms with Crippen molar-refractivity contribution in [3.05, 3.63) is 40.2 Å². The van der Waals surface area contributed by atoms with Crippen LogP contribution in [-0.2, 0) is 19.1 Å². The van der Waals surface area contributed by atoms with Crippen LogP contribution in [-0.4, -0.2) is 35.2 Å². The summed E-state index contributed by atoms with van der Waals surface area (Å²) in [6.45, 7) is 2.73. The maximum atomic E-state index is 12.9. The molecule has 1 aliphatic rings. The van der Waals surface area contributed by atoms with Gasteiger partial charge in [0.05, 0.1) is 6.42 Å². The van der Waals surface area contributed by atoms with Crippen LogP contribution < -0.4 is 5.32 Å². The van der Waals surface area contributed by atoms with E-state index < -0.39 is 40.6 Å². The molecule has 27 heavy (non-hydrogen) atoms. The second-order valence-corrected chi connectivity index (χ2v) is 6.77. The van der Waals surface area contributed by atoms with Crippen LogP contribution in [0.5, 0.6) is 0 Å². The number of ketones is 1. The fraction of sp³-hybridized carbons (Fsp3) is 0.500. The first-order chi connectivity index (χ1) is 12.7. The molecule has 0 aromatic heterocycles. The summed E-state index contributed by atoms with van der Waals surface area (Å²) in [6, 6.07) is 5.08. The Morgan fingerprint density at radius 1 is 1.37 bits per heavy atom. The molecule has 9 heteroatoms. The van der Waals surface area contributed by atoms with E-state index in [-0.39, 0.29) is 31.1 Å². The van der Waals surface area contributed by atoms with Gasteiger partial charge in [0.25, 0.3) is 5.91 Å². The van der Waals surface area contributed by atoms with Crippen molar-refractivity contribution in [3.8, 4) is 0 Å². The topological polar surface area (TPSA) is 116 Å². The number of carbonyl (C=O) groups is 3. The second kappa shape index (κ2) is 8.70. The Morgan fingerprint density at radius 3 is 2.59 bits per heavy atom. The van der Waals surface area contributed by atoms with Crippen LogP contribution in [0.3, 0.4) is 0 Å². The highest BCUT2D eigenvalue weighted by Crippen LogP contribution is 2.36. The van der Waals surface area contributed by atoms with Gasteiger partial charge in [0.1, 0.15) is 11.6 Å². The van der Waals surface area contributed by atoms with Gasteiger partial charge in [0, 0.05) is 28.9 Å². The third-order valence-corrected chi connectivity index (χ3v) is 4.72. The summed E-state index contributed by atoms with van der Waals surface area (Å²) in [4.78, 5) is 46.6. The first-order valence-electron chi connectivity index (χ1n) is 8.57. The van der Waals surface area contributed by atoms with Gasteiger partial charge >= 0.3 is 5.97 Å². The molecule has 0 heterocycles. The molecule has 8 nitrogen and oxygen atoms in total. The quantitative estimate of drug-likeness (QED) is 0.440. The summed E-state index contributed by atoms with van der Waals surface area (Å²) in [5.74, 6) is -3.50. The average molecular weight is 380 g/mol. The van der Waals surface area contributed by atoms with E-state index in [0.717, 1.165) is 0 Å². The lowest BCUT2D eigenvalue weighted by molar-refractivity contribution is -0.490. The van der Waals surface area contributed by atoms with Crippen LogP contribution >= 0.6 is 0 Å². The molecule has 0 unspecified atom stereocenters. The maximum absolute atomic E-state index is 12.9. The lowest BCUT2D eigenvalue weighted by atomic mass is 9.88. The van der Waals surface area contributed by atoms with Gasteiger partial charge in [-0.15, -0.1) is 0 Å². The molecule has 2 rings (SSSR count). The van der Waals surface area contributed by atoms with E-state index in [4.69, 9.17) is 4.74 Å². The third kappa shape index (κ3) is 5.57. The molecule has 0 radical (unpaired) electrons. The number of Topliss-reactive ketones (excluding diaryl/α,β-unsaturated/α-hetero) is 1. The predicted molar refractivity (Wildman–Crippen MR) is 92.8 cm³/mol. The molecule has 1 aromatic rings. The first kappa shape index (κ1) is 20.5. The molecule has 1 aliphatic carbocycles. The van der Waals surface area contributed by atoms with Gasteiger partial charge in [0.2, 0.25) is 6.54 Å². The molecule has 146 valence electrons. The highest BCUT2D eigenvalue weighted by Gasteiger charge is 2.44. The Morgan fingerprint density at radius 2 is 2.00 bits per heavy atom. The number of carbonyl (C=O) groups excluding carboxylic acids is 3. The maximum Gasteiger partial charge on any atom is 0.307 e. The van der Waals surface area contributed by atoms with Gasteiger partial charge < -0.3 is 10.1 Å². The first-order valence-corrected chi connectivity index (χ1v) is 8.57. The van der Waals surface area contributed by atoms with Gasteiger partial charge in [-0.3, -0.25) is 24.5 Å². The molecule has 1 saturated carbocycles. The van der Waals surface area contributed by atoms with Crippen molar-refractivity contribution >= 4 is 23.3 Å². The molecule has 1 fully saturated rings. The summed E-state index contributed by atoms with van der Waals surface area (Å²) >= 11 is 0. The van der Waals surface area contributed by atoms with Crippen molar-refractivity contribution in [2.45, 2.75) is 32.8 Å². The van der Waals surface area contributed by atoms with Crippen LogP contribution in [0, 0.1) is 33.7 Å². The predicted octanol–water partition coefficient (Wildman–Crippen LogP) is 2.20. The van der Waals surface area contributed by atoms with Gasteiger partial charge in [-0.25, -0.2) is 4.39 Å². The molecule has 1 amide bonds. The Bertz CT molecular complexity index is 736. The summed E-state index contributed by atoms with van der Waals surface area (Å²) in [5, 5.41) is 13.3. The minimum atomic E-state index is -1.13. The third-order valence-electron chi connectivity index (χ3n) is 4.72. The highest BCUT2D eigenvalue weighted by atomic mass is 19.1. The summed E-state index contributed by atoms with van der Waals surface area (Å²) in [7, 11) is 0. The van der Waals surface area contributed by atoms with Gasteiger partial charge in [-0.05, 0) is 37.1 Å². The molecular formula is C18H21FN2O6. The average Bonchev–Trinajstić information content (AvgIpc) is 2.83. The normalized spacial score (nSPS) is 22.9. The molecule has 1 aromatic carbocycles. The zero-order chi connectivity index (χ0) is 20.1. The number of rotatable bonds is 7. The van der Waals surface area contributed by atoms with Gasteiger partial charge in [0.15, 0.2) is 6.10 Å². The van der Waals surface area contributed by atoms with E-state index in [0.29, 0.717) is 5.69 Å². The van der Waals surface area contributed by atoms with Crippen molar-refractivity contribution in [2.24, 2.45) is 17.8 Å². The minimum absolute atomic E-state index is 0.181. The number of hydrogen-bond donors (Lipinski definition) is 1. The number of anilines is 1. The van der Waals surface area contributed by atoms with E-state index >= 15 is 0 Å². The SMILES string of the molecule is C[C@H](OC(=O)C[C@@H]1C(=O)C[C@@H](C)[C@H]1C[N+](=O)[O-])C(=O)Nc1ccc(F)cc1. The molecule has 1 N–H and O–H groups in total. The Hall–Kier alpha value is -2.84. The minimum Gasteiger partial charge on any atom is -0.453 e. The smallest absolute Gasteiger partial charge is 0.307 e. The number of benzene rings is 1. The van der Waals surface area contributed by atoms with Crippen LogP contribution in [0.4, 0.5) is 10.1 Å². The largest absolute Gasteiger partial charge is 0.453 e. The Balaban J connectivity index is 1.91. The number of amides is 1. The molecule has 0 bridgehead atoms. The molecule has 0 saturated heterocycles. The van der Waals surface area contributed by atoms with Crippen LogP contribution in [0.15, 0.2) is 24.3 Å². The van der Waals surface area contributed by atoms with E-state index in [9.17, 15) is 28.9 Å². The number of nitrogens with zero attached hydrogens (tertiary/aromatic N) is 1. The summed E-state index contributed by atoms with van der Waals surface area (Å²) in [6.07, 6.45) is -1.24. The number of hydrogen-bond acceptors (Lipinski definition) is 6. The molecular weight excluding hydrogens is 359 g/mol. The number of halogens is 1. The second-order valence-electron chi connectivity index (χ2n) is 6.77. The lowest BCUT2D eigenvalue weighted by Crippen LogP contribution is -2.32. The Kier molecular flexibility index (Phi) is 6.59.